The van der Waals surface area contributed by atoms with E-state index in [0.29, 0.717) is 16.8 Å². The Morgan fingerprint density at radius 2 is 1.96 bits per heavy atom. The number of aromatic nitrogens is 2. The van der Waals surface area contributed by atoms with E-state index in [1.165, 1.54) is 22.9 Å². The summed E-state index contributed by atoms with van der Waals surface area (Å²) in [6.07, 6.45) is 0. The number of aryl methyl sites for hydroxylation is 1. The van der Waals surface area contributed by atoms with Crippen LogP contribution in [0.1, 0.15) is 16.1 Å². The Morgan fingerprint density at radius 1 is 1.19 bits per heavy atom. The molecule has 0 aliphatic carbocycles. The van der Waals surface area contributed by atoms with Crippen molar-refractivity contribution in [1.82, 2.24) is 9.78 Å². The Hall–Kier alpha value is -3.00. The number of amides is 1. The molecule has 3 aromatic rings. The number of hydrogen-bond acceptors (Lipinski definition) is 4. The molecule has 0 saturated heterocycles. The maximum atomic E-state index is 13.3. The van der Waals surface area contributed by atoms with Crippen LogP contribution in [-0.2, 0) is 22.6 Å². The van der Waals surface area contributed by atoms with E-state index >= 15 is 0 Å². The third-order valence-corrected chi connectivity index (χ3v) is 5.95. The van der Waals surface area contributed by atoms with Gasteiger partial charge in [0.2, 0.25) is 0 Å². The van der Waals surface area contributed by atoms with E-state index < -0.39 is 21.6 Å². The van der Waals surface area contributed by atoms with Gasteiger partial charge >= 0.3 is 0 Å². The van der Waals surface area contributed by atoms with Crippen molar-refractivity contribution in [2.75, 3.05) is 5.32 Å². The Labute approximate surface area is 149 Å². The fourth-order valence-corrected chi connectivity index (χ4v) is 4.78. The molecular weight excluding hydrogens is 357 g/mol. The van der Waals surface area contributed by atoms with Crippen molar-refractivity contribution in [3.63, 3.8) is 0 Å². The maximum Gasteiger partial charge on any atom is 0.276 e. The summed E-state index contributed by atoms with van der Waals surface area (Å²) in [4.78, 5) is 12.9. The van der Waals surface area contributed by atoms with E-state index in [9.17, 15) is 17.6 Å². The highest BCUT2D eigenvalue weighted by Gasteiger charge is 2.34. The number of fused-ring (bicyclic) bond motifs is 3. The molecule has 1 N–H and O–H groups in total. The van der Waals surface area contributed by atoms with E-state index in [2.05, 4.69) is 10.4 Å². The number of carbonyl (C=O) groups excluding carboxylic acids is 1. The van der Waals surface area contributed by atoms with Crippen molar-refractivity contribution >= 4 is 21.4 Å². The quantitative estimate of drug-likeness (QED) is 0.751. The molecule has 1 aliphatic rings. The number of nitrogens with zero attached hydrogens (tertiary/aromatic N) is 2. The lowest BCUT2D eigenvalue weighted by atomic mass is 10.1. The first-order chi connectivity index (χ1) is 12.4. The summed E-state index contributed by atoms with van der Waals surface area (Å²) in [5, 5.41) is 6.79. The number of nitrogens with one attached hydrogen (secondary N) is 1. The van der Waals surface area contributed by atoms with E-state index in [1.54, 1.807) is 37.4 Å². The number of carbonyl (C=O) groups is 1. The van der Waals surface area contributed by atoms with Gasteiger partial charge in [-0.3, -0.25) is 9.48 Å². The summed E-state index contributed by atoms with van der Waals surface area (Å²) in [5.74, 6) is -1.37. The topological polar surface area (TPSA) is 81.1 Å². The second-order valence-electron chi connectivity index (χ2n) is 6.02. The van der Waals surface area contributed by atoms with E-state index in [-0.39, 0.29) is 22.0 Å². The van der Waals surface area contributed by atoms with Crippen molar-refractivity contribution in [3.05, 3.63) is 65.6 Å². The lowest BCUT2D eigenvalue weighted by Crippen LogP contribution is -2.18. The summed E-state index contributed by atoms with van der Waals surface area (Å²) < 4.78 is 40.0. The Morgan fingerprint density at radius 3 is 2.73 bits per heavy atom. The predicted octanol–water partition coefficient (Wildman–Crippen LogP) is 2.77. The summed E-state index contributed by atoms with van der Waals surface area (Å²) in [6.45, 7) is 0. The minimum Gasteiger partial charge on any atom is -0.320 e. The van der Waals surface area contributed by atoms with E-state index in [1.807, 2.05) is 0 Å². The van der Waals surface area contributed by atoms with Crippen LogP contribution in [-0.4, -0.2) is 24.1 Å². The highest BCUT2D eigenvalue weighted by Crippen LogP contribution is 2.39. The van der Waals surface area contributed by atoms with Gasteiger partial charge in [0.05, 0.1) is 16.3 Å². The van der Waals surface area contributed by atoms with Gasteiger partial charge < -0.3 is 5.32 Å². The van der Waals surface area contributed by atoms with Crippen LogP contribution in [0.15, 0.2) is 53.4 Å². The van der Waals surface area contributed by atoms with Gasteiger partial charge in [-0.05, 0) is 24.3 Å². The normalized spacial score (nSPS) is 14.4. The first-order valence-electron chi connectivity index (χ1n) is 7.82. The first kappa shape index (κ1) is 16.5. The minimum atomic E-state index is -3.57. The predicted molar refractivity (Wildman–Crippen MR) is 93.9 cm³/mol. The van der Waals surface area contributed by atoms with Crippen LogP contribution in [0.25, 0.3) is 11.3 Å². The molecule has 2 heterocycles. The maximum absolute atomic E-state index is 13.3. The number of benzene rings is 2. The fraction of sp³-hybridized carbons (Fsp3) is 0.111. The lowest BCUT2D eigenvalue weighted by molar-refractivity contribution is 0.102. The summed E-state index contributed by atoms with van der Waals surface area (Å²) in [5.41, 5.74) is 1.76. The molecule has 4 rings (SSSR count). The van der Waals surface area contributed by atoms with Crippen LogP contribution in [0.2, 0.25) is 0 Å². The van der Waals surface area contributed by atoms with Crippen molar-refractivity contribution in [2.24, 2.45) is 7.05 Å². The molecule has 0 unspecified atom stereocenters. The zero-order valence-corrected chi connectivity index (χ0v) is 14.5. The third-order valence-electron chi connectivity index (χ3n) is 4.25. The molecule has 0 spiro atoms. The molecule has 1 amide bonds. The molecular formula is C18H14FN3O3S. The highest BCUT2D eigenvalue weighted by atomic mass is 32.2. The third kappa shape index (κ3) is 2.59. The van der Waals surface area contributed by atoms with Gasteiger partial charge in [-0.1, -0.05) is 24.3 Å². The molecule has 0 radical (unpaired) electrons. The number of halogens is 1. The van der Waals surface area contributed by atoms with Crippen LogP contribution in [0, 0.1) is 5.82 Å². The van der Waals surface area contributed by atoms with Gasteiger partial charge in [-0.25, -0.2) is 12.8 Å². The minimum absolute atomic E-state index is 0.0184. The molecule has 1 aromatic heterocycles. The van der Waals surface area contributed by atoms with Gasteiger partial charge in [-0.15, -0.1) is 0 Å². The van der Waals surface area contributed by atoms with Crippen molar-refractivity contribution < 1.29 is 17.6 Å². The van der Waals surface area contributed by atoms with Crippen molar-refractivity contribution in [3.8, 4) is 11.3 Å². The molecule has 6 nitrogen and oxygen atoms in total. The van der Waals surface area contributed by atoms with Crippen LogP contribution < -0.4 is 5.32 Å². The molecule has 1 aliphatic heterocycles. The molecule has 8 heteroatoms. The van der Waals surface area contributed by atoms with Crippen LogP contribution in [0.4, 0.5) is 10.1 Å². The lowest BCUT2D eigenvalue weighted by Gasteiger charge is -2.18. The Bertz CT molecular complexity index is 1150. The SMILES string of the molecule is Cn1nc(C(=O)Nc2cccc(F)c2)c2c1-c1ccccc1S(=O)(=O)C2. The first-order valence-corrected chi connectivity index (χ1v) is 9.47. The molecule has 2 aromatic carbocycles. The van der Waals surface area contributed by atoms with Crippen molar-refractivity contribution in [2.45, 2.75) is 10.6 Å². The highest BCUT2D eigenvalue weighted by molar-refractivity contribution is 7.90. The number of anilines is 1. The van der Waals surface area contributed by atoms with Gasteiger partial charge in [0.1, 0.15) is 5.82 Å². The average Bonchev–Trinajstić information content (AvgIpc) is 2.91. The molecule has 0 saturated carbocycles. The smallest absolute Gasteiger partial charge is 0.276 e. The Balaban J connectivity index is 1.81. The average molecular weight is 371 g/mol. The molecule has 26 heavy (non-hydrogen) atoms. The standard InChI is InChI=1S/C18H14FN3O3S/c1-22-17-13-7-2-3-8-15(13)26(24,25)10-14(17)16(21-22)18(23)20-12-6-4-5-11(19)9-12/h2-9H,10H2,1H3,(H,20,23). The molecule has 0 bridgehead atoms. The molecule has 0 fully saturated rings. The summed E-state index contributed by atoms with van der Waals surface area (Å²) >= 11 is 0. The number of rotatable bonds is 2. The number of hydrogen-bond donors (Lipinski definition) is 1. The Kier molecular flexibility index (Phi) is 3.66. The fourth-order valence-electron chi connectivity index (χ4n) is 3.18. The van der Waals surface area contributed by atoms with E-state index in [4.69, 9.17) is 0 Å². The zero-order chi connectivity index (χ0) is 18.5. The van der Waals surface area contributed by atoms with Crippen LogP contribution in [0.3, 0.4) is 0 Å². The van der Waals surface area contributed by atoms with Crippen LogP contribution >= 0.6 is 0 Å². The second kappa shape index (κ2) is 5.77. The van der Waals surface area contributed by atoms with Gasteiger partial charge in [-0.2, -0.15) is 5.10 Å². The zero-order valence-electron chi connectivity index (χ0n) is 13.7. The summed E-state index contributed by atoms with van der Waals surface area (Å²) in [7, 11) is -1.91. The second-order valence-corrected chi connectivity index (χ2v) is 7.98. The molecule has 0 atom stereocenters. The summed E-state index contributed by atoms with van der Waals surface area (Å²) in [6, 6.07) is 12.1. The largest absolute Gasteiger partial charge is 0.320 e. The van der Waals surface area contributed by atoms with Gasteiger partial charge in [0.25, 0.3) is 5.91 Å². The van der Waals surface area contributed by atoms with Gasteiger partial charge in [0.15, 0.2) is 15.5 Å². The van der Waals surface area contributed by atoms with Crippen LogP contribution in [0.5, 0.6) is 0 Å². The van der Waals surface area contributed by atoms with E-state index in [0.717, 1.165) is 0 Å². The monoisotopic (exact) mass is 371 g/mol. The number of sulfone groups is 1. The van der Waals surface area contributed by atoms with Crippen molar-refractivity contribution in [1.29, 1.82) is 0 Å². The molecule has 132 valence electrons. The van der Waals surface area contributed by atoms with Gasteiger partial charge in [0, 0.05) is 23.9 Å².